The Morgan fingerprint density at radius 2 is 1.91 bits per heavy atom. The van der Waals surface area contributed by atoms with Crippen LogP contribution in [0.15, 0.2) is 46.3 Å². The van der Waals surface area contributed by atoms with Gasteiger partial charge >= 0.3 is 0 Å². The van der Waals surface area contributed by atoms with Crippen molar-refractivity contribution in [2.75, 3.05) is 6.61 Å². The normalized spacial score (nSPS) is 20.5. The predicted molar refractivity (Wildman–Crippen MR) is 94.9 cm³/mol. The van der Waals surface area contributed by atoms with Crippen LogP contribution in [0.3, 0.4) is 0 Å². The maximum atomic E-state index is 10.1. The lowest BCUT2D eigenvalue weighted by molar-refractivity contribution is 0.342. The molecule has 0 aromatic carbocycles. The van der Waals surface area contributed by atoms with Gasteiger partial charge in [0.2, 0.25) is 0 Å². The third-order valence-corrected chi connectivity index (χ3v) is 4.79. The van der Waals surface area contributed by atoms with E-state index in [1.165, 1.54) is 19.3 Å². The van der Waals surface area contributed by atoms with Gasteiger partial charge in [-0.15, -0.1) is 0 Å². The van der Waals surface area contributed by atoms with E-state index in [0.717, 1.165) is 24.0 Å². The maximum absolute atomic E-state index is 10.1. The van der Waals surface area contributed by atoms with Crippen LogP contribution in [0.2, 0.25) is 0 Å². The molecule has 1 aliphatic carbocycles. The summed E-state index contributed by atoms with van der Waals surface area (Å²) in [6.07, 6.45) is 11.0. The van der Waals surface area contributed by atoms with Crippen molar-refractivity contribution >= 4 is 0 Å². The second kappa shape index (κ2) is 8.38. The number of aliphatic hydroxyl groups excluding tert-OH is 2. The minimum absolute atomic E-state index is 0.0299. The van der Waals surface area contributed by atoms with E-state index >= 15 is 0 Å². The van der Waals surface area contributed by atoms with Crippen LogP contribution in [-0.2, 0) is 0 Å². The molecule has 1 aliphatic rings. The molecule has 22 heavy (non-hydrogen) atoms. The monoisotopic (exact) mass is 304 g/mol. The predicted octanol–water partition coefficient (Wildman–Crippen LogP) is 5.62. The van der Waals surface area contributed by atoms with E-state index in [2.05, 4.69) is 20.8 Å². The molecular formula is C20H32O2. The van der Waals surface area contributed by atoms with Crippen LogP contribution in [0.1, 0.15) is 66.7 Å². The van der Waals surface area contributed by atoms with Crippen molar-refractivity contribution < 1.29 is 10.2 Å². The molecule has 2 nitrogen and oxygen atoms in total. The van der Waals surface area contributed by atoms with Gasteiger partial charge in [-0.3, -0.25) is 0 Å². The summed E-state index contributed by atoms with van der Waals surface area (Å²) >= 11 is 0. The molecule has 0 aliphatic heterocycles. The summed E-state index contributed by atoms with van der Waals surface area (Å²) in [4.78, 5) is 0. The van der Waals surface area contributed by atoms with Gasteiger partial charge in [-0.1, -0.05) is 42.7 Å². The zero-order valence-corrected chi connectivity index (χ0v) is 14.9. The molecular weight excluding hydrogens is 272 g/mol. The van der Waals surface area contributed by atoms with E-state index in [-0.39, 0.29) is 6.61 Å². The van der Waals surface area contributed by atoms with Gasteiger partial charge in [-0.2, -0.15) is 0 Å². The highest BCUT2D eigenvalue weighted by Crippen LogP contribution is 2.42. The lowest BCUT2D eigenvalue weighted by Gasteiger charge is -2.35. The Hall–Kier alpha value is -1.28. The minimum Gasteiger partial charge on any atom is -0.508 e. The number of aliphatic hydroxyl groups is 2. The molecule has 2 heteroatoms. The second-order valence-corrected chi connectivity index (χ2v) is 7.13. The van der Waals surface area contributed by atoms with Crippen LogP contribution in [0.4, 0.5) is 0 Å². The van der Waals surface area contributed by atoms with E-state index in [1.807, 2.05) is 19.9 Å². The zero-order valence-electron chi connectivity index (χ0n) is 14.9. The summed E-state index contributed by atoms with van der Waals surface area (Å²) < 4.78 is 0. The van der Waals surface area contributed by atoms with Crippen molar-refractivity contribution in [2.45, 2.75) is 66.7 Å². The van der Waals surface area contributed by atoms with Gasteiger partial charge in [-0.05, 0) is 69.9 Å². The van der Waals surface area contributed by atoms with Gasteiger partial charge in [-0.25, -0.2) is 0 Å². The highest BCUT2D eigenvalue weighted by atomic mass is 16.3. The van der Waals surface area contributed by atoms with Gasteiger partial charge < -0.3 is 10.2 Å². The highest BCUT2D eigenvalue weighted by molar-refractivity contribution is 5.28. The number of allylic oxidation sites excluding steroid dienone is 6. The molecule has 0 aromatic rings. The summed E-state index contributed by atoms with van der Waals surface area (Å²) in [7, 11) is 0. The fourth-order valence-electron chi connectivity index (χ4n) is 3.23. The first kappa shape index (κ1) is 18.8. The third-order valence-electron chi connectivity index (χ3n) is 4.79. The fraction of sp³-hybridized carbons (Fsp3) is 0.600. The van der Waals surface area contributed by atoms with Gasteiger partial charge in [0.05, 0.1) is 6.61 Å². The molecule has 0 saturated heterocycles. The Morgan fingerprint density at radius 3 is 2.50 bits per heavy atom. The molecule has 0 spiro atoms. The Balaban J connectivity index is 2.74. The molecule has 0 radical (unpaired) electrons. The van der Waals surface area contributed by atoms with Crippen molar-refractivity contribution in [3.63, 3.8) is 0 Å². The van der Waals surface area contributed by atoms with E-state index in [0.29, 0.717) is 11.2 Å². The van der Waals surface area contributed by atoms with Crippen molar-refractivity contribution in [1.82, 2.24) is 0 Å². The molecule has 0 atom stereocenters. The quantitative estimate of drug-likeness (QED) is 0.380. The first-order chi connectivity index (χ1) is 10.3. The van der Waals surface area contributed by atoms with Crippen LogP contribution in [0.25, 0.3) is 0 Å². The average molecular weight is 304 g/mol. The summed E-state index contributed by atoms with van der Waals surface area (Å²) in [6, 6.07) is 0. The van der Waals surface area contributed by atoms with E-state index in [4.69, 9.17) is 5.11 Å². The topological polar surface area (TPSA) is 40.5 Å². The minimum atomic E-state index is 0.0299. The first-order valence-electron chi connectivity index (χ1n) is 8.31. The van der Waals surface area contributed by atoms with Crippen LogP contribution in [0.5, 0.6) is 0 Å². The van der Waals surface area contributed by atoms with Crippen LogP contribution >= 0.6 is 0 Å². The third kappa shape index (κ3) is 5.49. The summed E-state index contributed by atoms with van der Waals surface area (Å²) in [5, 5.41) is 19.0. The lowest BCUT2D eigenvalue weighted by atomic mass is 9.71. The van der Waals surface area contributed by atoms with Crippen molar-refractivity contribution in [2.24, 2.45) is 5.41 Å². The lowest BCUT2D eigenvalue weighted by Crippen LogP contribution is -2.20. The molecule has 0 aromatic heterocycles. The first-order valence-corrected chi connectivity index (χ1v) is 8.31. The largest absolute Gasteiger partial charge is 0.508 e. The van der Waals surface area contributed by atoms with Crippen molar-refractivity contribution in [1.29, 1.82) is 0 Å². The van der Waals surface area contributed by atoms with Gasteiger partial charge in [0.15, 0.2) is 0 Å². The van der Waals surface area contributed by atoms with Gasteiger partial charge in [0.1, 0.15) is 5.76 Å². The Labute approximate surface area is 135 Å². The van der Waals surface area contributed by atoms with Crippen LogP contribution in [0, 0.1) is 5.41 Å². The van der Waals surface area contributed by atoms with Crippen LogP contribution in [-0.4, -0.2) is 16.8 Å². The SMILES string of the molecule is CC(CCC1=C(C)CCCC1(C)C)=C(O)C=C/C(C)=C\CO. The molecule has 0 bridgehead atoms. The maximum Gasteiger partial charge on any atom is 0.114 e. The average Bonchev–Trinajstić information content (AvgIpc) is 2.43. The molecule has 0 fully saturated rings. The van der Waals surface area contributed by atoms with E-state index in [9.17, 15) is 5.11 Å². The molecule has 124 valence electrons. The van der Waals surface area contributed by atoms with E-state index in [1.54, 1.807) is 23.3 Å². The van der Waals surface area contributed by atoms with Crippen LogP contribution < -0.4 is 0 Å². The number of hydrogen-bond acceptors (Lipinski definition) is 2. The molecule has 0 amide bonds. The smallest absolute Gasteiger partial charge is 0.114 e. The Kier molecular flexibility index (Phi) is 7.15. The molecule has 2 N–H and O–H groups in total. The summed E-state index contributed by atoms with van der Waals surface area (Å²) in [6.45, 7) is 10.9. The second-order valence-electron chi connectivity index (χ2n) is 7.13. The Morgan fingerprint density at radius 1 is 1.23 bits per heavy atom. The van der Waals surface area contributed by atoms with E-state index < -0.39 is 0 Å². The Bertz CT molecular complexity index is 502. The van der Waals surface area contributed by atoms with Gasteiger partial charge in [0, 0.05) is 0 Å². The molecule has 0 heterocycles. The van der Waals surface area contributed by atoms with Crippen molar-refractivity contribution in [3.8, 4) is 0 Å². The molecule has 0 unspecified atom stereocenters. The highest BCUT2D eigenvalue weighted by Gasteiger charge is 2.27. The number of hydrogen-bond donors (Lipinski definition) is 2. The number of rotatable bonds is 6. The summed E-state index contributed by atoms with van der Waals surface area (Å²) in [5.74, 6) is 0.345. The van der Waals surface area contributed by atoms with Gasteiger partial charge in [0.25, 0.3) is 0 Å². The zero-order chi connectivity index (χ0) is 16.8. The summed E-state index contributed by atoms with van der Waals surface area (Å²) in [5.41, 5.74) is 5.39. The standard InChI is InChI=1S/C20H32O2/c1-15(12-14-21)8-11-19(22)17(3)9-10-18-16(2)7-6-13-20(18,4)5/h8,11-12,21-22H,6-7,9-10,13-14H2,1-5H3/b11-8?,15-12-,19-17?. The molecule has 0 saturated carbocycles. The fourth-order valence-corrected chi connectivity index (χ4v) is 3.23. The van der Waals surface area contributed by atoms with Crippen molar-refractivity contribution in [3.05, 3.63) is 46.3 Å². The molecule has 1 rings (SSSR count).